The Bertz CT molecular complexity index is 739. The topological polar surface area (TPSA) is 90.6 Å². The number of pyridine rings is 1. The first-order valence-corrected chi connectivity index (χ1v) is 9.47. The van der Waals surface area contributed by atoms with E-state index in [0.29, 0.717) is 49.3 Å². The molecule has 27 heavy (non-hydrogen) atoms. The Balaban J connectivity index is 1.18. The van der Waals surface area contributed by atoms with Crippen LogP contribution in [0.3, 0.4) is 0 Å². The van der Waals surface area contributed by atoms with Crippen molar-refractivity contribution < 1.29 is 18.8 Å². The molecular weight excluding hydrogens is 348 g/mol. The van der Waals surface area contributed by atoms with Gasteiger partial charge < -0.3 is 18.9 Å². The molecule has 2 saturated heterocycles. The highest BCUT2D eigenvalue weighted by Gasteiger charge is 2.35. The van der Waals surface area contributed by atoms with Crippen molar-refractivity contribution >= 4 is 5.91 Å². The fourth-order valence-electron chi connectivity index (χ4n) is 3.34. The Morgan fingerprint density at radius 2 is 2.00 bits per heavy atom. The maximum Gasteiger partial charge on any atom is 0.254 e. The first-order chi connectivity index (χ1) is 13.3. The molecule has 0 saturated carbocycles. The third-order valence-electron chi connectivity index (χ3n) is 5.09. The van der Waals surface area contributed by atoms with E-state index in [1.54, 1.807) is 29.4 Å². The molecular formula is C19H24N4O4. The van der Waals surface area contributed by atoms with Crippen LogP contribution in [0.25, 0.3) is 0 Å². The molecule has 0 bridgehead atoms. The zero-order chi connectivity index (χ0) is 18.5. The van der Waals surface area contributed by atoms with Crippen molar-refractivity contribution in [3.8, 4) is 0 Å². The third kappa shape index (κ3) is 4.51. The van der Waals surface area contributed by atoms with Gasteiger partial charge in [0.1, 0.15) is 0 Å². The van der Waals surface area contributed by atoms with E-state index < -0.39 is 0 Å². The number of hydrogen-bond acceptors (Lipinski definition) is 7. The molecule has 0 spiro atoms. The minimum absolute atomic E-state index is 0.00917. The lowest BCUT2D eigenvalue weighted by Gasteiger charge is -2.37. The zero-order valence-corrected chi connectivity index (χ0v) is 15.2. The molecule has 2 aromatic rings. The monoisotopic (exact) mass is 372 g/mol. The number of carbonyl (C=O) groups excluding carboxylic acids is 1. The van der Waals surface area contributed by atoms with Gasteiger partial charge in [0, 0.05) is 57.3 Å². The fourth-order valence-corrected chi connectivity index (χ4v) is 3.34. The van der Waals surface area contributed by atoms with Gasteiger partial charge in [0.05, 0.1) is 12.5 Å². The number of likely N-dealkylation sites (tertiary alicyclic amines) is 1. The molecule has 0 aliphatic carbocycles. The van der Waals surface area contributed by atoms with E-state index in [4.69, 9.17) is 14.0 Å². The van der Waals surface area contributed by atoms with Crippen LogP contribution in [0.2, 0.25) is 0 Å². The third-order valence-corrected chi connectivity index (χ3v) is 5.09. The molecule has 0 N–H and O–H groups in total. The normalized spacial score (nSPS) is 18.4. The predicted octanol–water partition coefficient (Wildman–Crippen LogP) is 1.69. The van der Waals surface area contributed by atoms with Crippen LogP contribution in [0, 0.1) is 5.92 Å². The van der Waals surface area contributed by atoms with Crippen LogP contribution in [-0.4, -0.2) is 65.4 Å². The van der Waals surface area contributed by atoms with E-state index in [2.05, 4.69) is 15.1 Å². The van der Waals surface area contributed by atoms with E-state index in [1.807, 2.05) is 0 Å². The maximum absolute atomic E-state index is 12.3. The Kier molecular flexibility index (Phi) is 5.74. The quantitative estimate of drug-likeness (QED) is 0.683. The minimum Gasteiger partial charge on any atom is -0.381 e. The number of amides is 1. The highest BCUT2D eigenvalue weighted by molar-refractivity contribution is 5.94. The van der Waals surface area contributed by atoms with Crippen LogP contribution < -0.4 is 0 Å². The van der Waals surface area contributed by atoms with Crippen LogP contribution in [-0.2, 0) is 15.9 Å². The summed E-state index contributed by atoms with van der Waals surface area (Å²) in [4.78, 5) is 22.5. The van der Waals surface area contributed by atoms with Gasteiger partial charge in [-0.2, -0.15) is 4.98 Å². The van der Waals surface area contributed by atoms with Gasteiger partial charge in [-0.25, -0.2) is 0 Å². The average molecular weight is 372 g/mol. The van der Waals surface area contributed by atoms with Gasteiger partial charge in [-0.3, -0.25) is 9.78 Å². The first-order valence-electron chi connectivity index (χ1n) is 9.47. The van der Waals surface area contributed by atoms with Crippen molar-refractivity contribution in [1.82, 2.24) is 20.0 Å². The summed E-state index contributed by atoms with van der Waals surface area (Å²) in [5.41, 5.74) is 0.649. The summed E-state index contributed by atoms with van der Waals surface area (Å²) in [6.07, 6.45) is 6.03. The number of aromatic nitrogens is 3. The van der Waals surface area contributed by atoms with E-state index >= 15 is 0 Å². The van der Waals surface area contributed by atoms with E-state index in [9.17, 15) is 4.79 Å². The van der Waals surface area contributed by atoms with Gasteiger partial charge in [-0.15, -0.1) is 0 Å². The molecule has 0 atom stereocenters. The van der Waals surface area contributed by atoms with Gasteiger partial charge in [-0.1, -0.05) is 5.16 Å². The van der Waals surface area contributed by atoms with Crippen molar-refractivity contribution in [2.45, 2.75) is 25.2 Å². The van der Waals surface area contributed by atoms with Crippen LogP contribution in [0.4, 0.5) is 0 Å². The molecule has 2 aliphatic heterocycles. The Labute approximate surface area is 157 Å². The second-order valence-electron chi connectivity index (χ2n) is 7.07. The van der Waals surface area contributed by atoms with Crippen LogP contribution in [0.1, 0.15) is 40.8 Å². The van der Waals surface area contributed by atoms with Crippen LogP contribution in [0.5, 0.6) is 0 Å². The summed E-state index contributed by atoms with van der Waals surface area (Å²) in [6.45, 7) is 4.23. The molecule has 1 amide bonds. The molecule has 2 aliphatic rings. The van der Waals surface area contributed by atoms with Crippen molar-refractivity contribution in [2.24, 2.45) is 5.92 Å². The van der Waals surface area contributed by atoms with Gasteiger partial charge in [0.2, 0.25) is 5.89 Å². The van der Waals surface area contributed by atoms with E-state index in [1.165, 1.54) is 0 Å². The highest BCUT2D eigenvalue weighted by atomic mass is 16.5. The van der Waals surface area contributed by atoms with Crippen LogP contribution >= 0.6 is 0 Å². The second-order valence-corrected chi connectivity index (χ2v) is 7.07. The van der Waals surface area contributed by atoms with Gasteiger partial charge in [-0.05, 0) is 30.9 Å². The zero-order valence-electron chi connectivity index (χ0n) is 15.2. The van der Waals surface area contributed by atoms with Gasteiger partial charge >= 0.3 is 0 Å². The van der Waals surface area contributed by atoms with E-state index in [0.717, 1.165) is 32.7 Å². The second kappa shape index (κ2) is 8.58. The summed E-state index contributed by atoms with van der Waals surface area (Å²) < 4.78 is 16.5. The van der Waals surface area contributed by atoms with Gasteiger partial charge in [0.15, 0.2) is 5.82 Å². The Hall–Kier alpha value is -2.32. The molecule has 0 radical (unpaired) electrons. The first kappa shape index (κ1) is 18.1. The number of hydrogen-bond donors (Lipinski definition) is 0. The number of rotatable bonds is 7. The molecule has 0 aromatic carbocycles. The lowest BCUT2D eigenvalue weighted by Crippen LogP contribution is -2.48. The summed E-state index contributed by atoms with van der Waals surface area (Å²) in [5, 5.41) is 4.03. The molecule has 2 aromatic heterocycles. The average Bonchev–Trinajstić information content (AvgIpc) is 3.14. The van der Waals surface area contributed by atoms with Crippen molar-refractivity contribution in [3.05, 3.63) is 41.8 Å². The molecule has 8 heteroatoms. The lowest BCUT2D eigenvalue weighted by atomic mass is 9.99. The summed E-state index contributed by atoms with van der Waals surface area (Å²) in [6, 6.07) is 3.45. The standard InChI is InChI=1S/C19H24N4O4/c24-19(15-1-6-20-7-2-15)23-11-16(12-23)18-21-17(22-27-18)5-10-26-13-14-3-8-25-9-4-14/h1-2,6-7,14,16H,3-5,8-13H2. The van der Waals surface area contributed by atoms with Crippen molar-refractivity contribution in [1.29, 1.82) is 0 Å². The number of nitrogens with zero attached hydrogens (tertiary/aromatic N) is 4. The number of ether oxygens (including phenoxy) is 2. The Morgan fingerprint density at radius 3 is 2.78 bits per heavy atom. The fraction of sp³-hybridized carbons (Fsp3) is 0.579. The largest absolute Gasteiger partial charge is 0.381 e. The highest BCUT2D eigenvalue weighted by Crippen LogP contribution is 2.27. The predicted molar refractivity (Wildman–Crippen MR) is 95.2 cm³/mol. The lowest BCUT2D eigenvalue weighted by molar-refractivity contribution is 0.0211. The smallest absolute Gasteiger partial charge is 0.254 e. The maximum atomic E-state index is 12.3. The molecule has 4 rings (SSSR count). The molecule has 4 heterocycles. The molecule has 8 nitrogen and oxygen atoms in total. The van der Waals surface area contributed by atoms with Crippen molar-refractivity contribution in [3.63, 3.8) is 0 Å². The molecule has 0 unspecified atom stereocenters. The molecule has 2 fully saturated rings. The SMILES string of the molecule is O=C(c1ccncc1)N1CC(c2nc(CCOCC3CCOCC3)no2)C1. The summed E-state index contributed by atoms with van der Waals surface area (Å²) in [5.74, 6) is 1.98. The van der Waals surface area contributed by atoms with Crippen LogP contribution in [0.15, 0.2) is 29.0 Å². The summed E-state index contributed by atoms with van der Waals surface area (Å²) >= 11 is 0. The minimum atomic E-state index is 0.00917. The number of carbonyl (C=O) groups is 1. The summed E-state index contributed by atoms with van der Waals surface area (Å²) in [7, 11) is 0. The van der Waals surface area contributed by atoms with Gasteiger partial charge in [0.25, 0.3) is 5.91 Å². The Morgan fingerprint density at radius 1 is 1.22 bits per heavy atom. The van der Waals surface area contributed by atoms with E-state index in [-0.39, 0.29) is 11.8 Å². The molecule has 144 valence electrons. The van der Waals surface area contributed by atoms with Crippen molar-refractivity contribution in [2.75, 3.05) is 39.5 Å².